The Kier molecular flexibility index (Phi) is 5.29. The van der Waals surface area contributed by atoms with Gasteiger partial charge in [0.1, 0.15) is 9.87 Å². The molecule has 2 aliphatic carbocycles. The Hall–Kier alpha value is -0.770. The van der Waals surface area contributed by atoms with Crippen LogP contribution in [0.15, 0.2) is 47.6 Å². The number of thioether (sulfide) groups is 1. The van der Waals surface area contributed by atoms with E-state index in [0.29, 0.717) is 0 Å². The van der Waals surface area contributed by atoms with Gasteiger partial charge in [0, 0.05) is 11.8 Å². The summed E-state index contributed by atoms with van der Waals surface area (Å²) in [5.41, 5.74) is 1.82. The molecule has 2 N–H and O–H groups in total. The van der Waals surface area contributed by atoms with E-state index >= 15 is 0 Å². The zero-order valence-electron chi connectivity index (χ0n) is 16.9. The van der Waals surface area contributed by atoms with Crippen molar-refractivity contribution >= 4 is 11.8 Å². The van der Waals surface area contributed by atoms with Crippen LogP contribution in [0.2, 0.25) is 0 Å². The maximum Gasteiger partial charge on any atom is 0.139 e. The van der Waals surface area contributed by atoms with Crippen molar-refractivity contribution in [1.82, 2.24) is 0 Å². The standard InChI is InChI=1S/C22H34O2S/c1-15-9-11-17(19(3,4)5)21(23,13-15)25-22(24)14-16(2)10-12-18(22)20(6,7)8/h9-14,17-18,23-24H,1-8H3. The van der Waals surface area contributed by atoms with Crippen LogP contribution in [0.3, 0.4) is 0 Å². The van der Waals surface area contributed by atoms with Crippen molar-refractivity contribution < 1.29 is 10.2 Å². The summed E-state index contributed by atoms with van der Waals surface area (Å²) in [6.07, 6.45) is 12.1. The van der Waals surface area contributed by atoms with Gasteiger partial charge < -0.3 is 10.2 Å². The largest absolute Gasteiger partial charge is 0.375 e. The summed E-state index contributed by atoms with van der Waals surface area (Å²) >= 11 is 1.28. The smallest absolute Gasteiger partial charge is 0.139 e. The SMILES string of the molecule is CC1=CC(O)(SC2(O)C=C(C)C=CC2C(C)(C)C)C(C(C)(C)C)C=C1. The van der Waals surface area contributed by atoms with Gasteiger partial charge in [0.2, 0.25) is 0 Å². The molecular weight excluding hydrogens is 328 g/mol. The third-order valence-electron chi connectivity index (χ3n) is 5.06. The molecule has 2 aliphatic rings. The number of allylic oxidation sites excluding steroid dienone is 4. The summed E-state index contributed by atoms with van der Waals surface area (Å²) in [7, 11) is 0. The van der Waals surface area contributed by atoms with Gasteiger partial charge in [0.25, 0.3) is 0 Å². The molecule has 4 unspecified atom stereocenters. The zero-order chi connectivity index (χ0) is 19.3. The van der Waals surface area contributed by atoms with Gasteiger partial charge in [-0.1, -0.05) is 88.8 Å². The molecule has 0 aromatic heterocycles. The van der Waals surface area contributed by atoms with E-state index in [4.69, 9.17) is 0 Å². The maximum atomic E-state index is 11.6. The Bertz CT molecular complexity index is 586. The summed E-state index contributed by atoms with van der Waals surface area (Å²) in [5.74, 6) is -0.170. The minimum absolute atomic E-state index is 0.0852. The fraction of sp³-hybridized carbons (Fsp3) is 0.636. The summed E-state index contributed by atoms with van der Waals surface area (Å²) in [6, 6.07) is 0. The van der Waals surface area contributed by atoms with Crippen LogP contribution in [0.4, 0.5) is 0 Å². The Labute approximate surface area is 157 Å². The van der Waals surface area contributed by atoms with Gasteiger partial charge >= 0.3 is 0 Å². The molecule has 140 valence electrons. The highest BCUT2D eigenvalue weighted by Crippen LogP contribution is 2.55. The number of hydrogen-bond donors (Lipinski definition) is 2. The van der Waals surface area contributed by atoms with E-state index in [1.807, 2.05) is 26.0 Å². The molecule has 0 heterocycles. The van der Waals surface area contributed by atoms with Crippen LogP contribution in [0.25, 0.3) is 0 Å². The van der Waals surface area contributed by atoms with Crippen LogP contribution in [-0.4, -0.2) is 20.1 Å². The van der Waals surface area contributed by atoms with Gasteiger partial charge in [-0.3, -0.25) is 0 Å². The van der Waals surface area contributed by atoms with Gasteiger partial charge in [0.05, 0.1) is 0 Å². The molecule has 0 aliphatic heterocycles. The van der Waals surface area contributed by atoms with Crippen LogP contribution >= 0.6 is 11.8 Å². The maximum absolute atomic E-state index is 11.6. The third-order valence-corrected chi connectivity index (χ3v) is 6.45. The predicted molar refractivity (Wildman–Crippen MR) is 109 cm³/mol. The average molecular weight is 363 g/mol. The first kappa shape index (κ1) is 20.5. The van der Waals surface area contributed by atoms with Crippen LogP contribution < -0.4 is 0 Å². The molecule has 0 radical (unpaired) electrons. The Morgan fingerprint density at radius 1 is 0.760 bits per heavy atom. The summed E-state index contributed by atoms with van der Waals surface area (Å²) in [4.78, 5) is -2.31. The summed E-state index contributed by atoms with van der Waals surface area (Å²) in [6.45, 7) is 16.8. The van der Waals surface area contributed by atoms with E-state index in [2.05, 4.69) is 65.8 Å². The van der Waals surface area contributed by atoms with E-state index in [0.717, 1.165) is 11.1 Å². The quantitative estimate of drug-likeness (QED) is 0.641. The molecule has 0 saturated heterocycles. The fourth-order valence-corrected chi connectivity index (χ4v) is 6.10. The second kappa shape index (κ2) is 6.44. The van der Waals surface area contributed by atoms with Crippen molar-refractivity contribution in [1.29, 1.82) is 0 Å². The van der Waals surface area contributed by atoms with Crippen molar-refractivity contribution in [3.63, 3.8) is 0 Å². The molecule has 2 nitrogen and oxygen atoms in total. The molecule has 0 fully saturated rings. The molecule has 4 atom stereocenters. The van der Waals surface area contributed by atoms with Gasteiger partial charge in [-0.25, -0.2) is 0 Å². The summed E-state index contributed by atoms with van der Waals surface area (Å²) in [5, 5.41) is 23.3. The van der Waals surface area contributed by atoms with Crippen molar-refractivity contribution in [2.24, 2.45) is 22.7 Å². The second-order valence-corrected chi connectivity index (χ2v) is 11.3. The van der Waals surface area contributed by atoms with Gasteiger partial charge in [0.15, 0.2) is 0 Å². The molecule has 0 saturated carbocycles. The normalized spacial score (nSPS) is 36.2. The average Bonchev–Trinajstić information content (AvgIpc) is 2.32. The van der Waals surface area contributed by atoms with E-state index in [1.165, 1.54) is 11.8 Å². The van der Waals surface area contributed by atoms with Gasteiger partial charge in [-0.15, -0.1) is 0 Å². The van der Waals surface area contributed by atoms with Crippen molar-refractivity contribution in [3.8, 4) is 0 Å². The first-order chi connectivity index (χ1) is 11.2. The molecule has 0 aromatic carbocycles. The van der Waals surface area contributed by atoms with Crippen molar-refractivity contribution in [2.75, 3.05) is 0 Å². The van der Waals surface area contributed by atoms with Crippen LogP contribution in [-0.2, 0) is 0 Å². The minimum Gasteiger partial charge on any atom is -0.375 e. The second-order valence-electron chi connectivity index (χ2n) is 9.79. The Morgan fingerprint density at radius 2 is 1.08 bits per heavy atom. The molecular formula is C22H34O2S. The van der Waals surface area contributed by atoms with Gasteiger partial charge in [-0.2, -0.15) is 0 Å². The molecule has 2 rings (SSSR count). The Balaban J connectivity index is 2.49. The molecule has 25 heavy (non-hydrogen) atoms. The number of aliphatic hydroxyl groups is 2. The van der Waals surface area contributed by atoms with Crippen LogP contribution in [0.5, 0.6) is 0 Å². The molecule has 3 heteroatoms. The van der Waals surface area contributed by atoms with E-state index < -0.39 is 9.87 Å². The van der Waals surface area contributed by atoms with E-state index in [9.17, 15) is 10.2 Å². The van der Waals surface area contributed by atoms with Crippen molar-refractivity contribution in [2.45, 2.75) is 65.3 Å². The minimum atomic E-state index is -1.16. The lowest BCUT2D eigenvalue weighted by molar-refractivity contribution is 0.0496. The lowest BCUT2D eigenvalue weighted by Crippen LogP contribution is -2.49. The monoisotopic (exact) mass is 362 g/mol. The topological polar surface area (TPSA) is 40.5 Å². The third kappa shape index (κ3) is 4.32. The fourth-order valence-electron chi connectivity index (χ4n) is 3.97. The number of hydrogen-bond acceptors (Lipinski definition) is 3. The first-order valence-electron chi connectivity index (χ1n) is 9.08. The van der Waals surface area contributed by atoms with Gasteiger partial charge in [-0.05, 0) is 36.8 Å². The number of rotatable bonds is 2. The van der Waals surface area contributed by atoms with E-state index in [-0.39, 0.29) is 22.7 Å². The lowest BCUT2D eigenvalue weighted by Gasteiger charge is -2.49. The lowest BCUT2D eigenvalue weighted by atomic mass is 9.74. The zero-order valence-corrected chi connectivity index (χ0v) is 17.7. The molecule has 0 aromatic rings. The Morgan fingerprint density at radius 3 is 1.36 bits per heavy atom. The highest BCUT2D eigenvalue weighted by Gasteiger charge is 2.51. The van der Waals surface area contributed by atoms with Crippen molar-refractivity contribution in [3.05, 3.63) is 47.6 Å². The molecule has 0 amide bonds. The first-order valence-corrected chi connectivity index (χ1v) is 9.89. The highest BCUT2D eigenvalue weighted by atomic mass is 32.2. The summed E-state index contributed by atoms with van der Waals surface area (Å²) < 4.78 is 0. The highest BCUT2D eigenvalue weighted by molar-refractivity contribution is 8.02. The van der Waals surface area contributed by atoms with Crippen LogP contribution in [0, 0.1) is 22.7 Å². The molecule has 0 bridgehead atoms. The molecule has 0 spiro atoms. The van der Waals surface area contributed by atoms with Crippen LogP contribution in [0.1, 0.15) is 55.4 Å². The predicted octanol–water partition coefficient (Wildman–Crippen LogP) is 5.45. The van der Waals surface area contributed by atoms with E-state index in [1.54, 1.807) is 0 Å².